The van der Waals surface area contributed by atoms with E-state index in [1.165, 1.54) is 6.07 Å². The van der Waals surface area contributed by atoms with Crippen LogP contribution in [0.5, 0.6) is 0 Å². The van der Waals surface area contributed by atoms with Gasteiger partial charge in [-0.15, -0.1) is 0 Å². The molecule has 2 fully saturated rings. The van der Waals surface area contributed by atoms with Crippen molar-refractivity contribution in [2.45, 2.75) is 35.9 Å². The van der Waals surface area contributed by atoms with Crippen LogP contribution in [-0.2, 0) is 21.7 Å². The second-order valence-electron chi connectivity index (χ2n) is 7.06. The third-order valence-electron chi connectivity index (χ3n) is 5.27. The van der Waals surface area contributed by atoms with E-state index in [0.717, 1.165) is 17.5 Å². The average Bonchev–Trinajstić information content (AvgIpc) is 2.99. The monoisotopic (exact) mass is 394 g/mol. The molecule has 6 heteroatoms. The van der Waals surface area contributed by atoms with Gasteiger partial charge in [-0.3, -0.25) is 0 Å². The molecule has 138 valence electrons. The minimum atomic E-state index is -1.05. The Morgan fingerprint density at radius 1 is 1.23 bits per heavy atom. The number of halogens is 2. The maximum absolute atomic E-state index is 14.4. The molecule has 0 unspecified atom stereocenters. The number of fused-ring (bicyclic) bond motifs is 2. The molecule has 0 radical (unpaired) electrons. The van der Waals surface area contributed by atoms with Crippen LogP contribution in [0, 0.1) is 5.82 Å². The Bertz CT molecular complexity index is 815. The smallest absolute Gasteiger partial charge is 0.207 e. The standard InChI is InChI=1S/C20H20ClFO3S/c21-16-4-1-13(2-5-16)9-14-10-15(3-6-17(14)22)20-18(26)7-8-19(11-23,25-20)12-24-20/h1-6,10,18,23,26H,7-9,11-12H2/t18-,19+,20+/m1/s1. The normalized spacial score (nSPS) is 30.5. The van der Waals surface area contributed by atoms with E-state index < -0.39 is 11.4 Å². The number of hydrogen-bond acceptors (Lipinski definition) is 4. The minimum Gasteiger partial charge on any atom is -0.393 e. The first-order chi connectivity index (χ1) is 12.5. The SMILES string of the molecule is OC[C@@]12CC[C@@H](S)[C@@](c3ccc(F)c(Cc4ccc(Cl)cc4)c3)(OC1)O2. The Morgan fingerprint density at radius 2 is 2.00 bits per heavy atom. The van der Waals surface area contributed by atoms with Crippen molar-refractivity contribution in [3.63, 3.8) is 0 Å². The fourth-order valence-electron chi connectivity index (χ4n) is 3.74. The van der Waals surface area contributed by atoms with Gasteiger partial charge in [0.15, 0.2) is 0 Å². The van der Waals surface area contributed by atoms with Gasteiger partial charge >= 0.3 is 0 Å². The average molecular weight is 395 g/mol. The molecule has 0 spiro atoms. The van der Waals surface area contributed by atoms with Crippen molar-refractivity contribution in [2.75, 3.05) is 13.2 Å². The Kier molecular flexibility index (Phi) is 4.78. The summed E-state index contributed by atoms with van der Waals surface area (Å²) in [4.78, 5) is 0. The third-order valence-corrected chi connectivity index (χ3v) is 6.12. The maximum atomic E-state index is 14.4. The van der Waals surface area contributed by atoms with Crippen molar-refractivity contribution < 1.29 is 19.0 Å². The van der Waals surface area contributed by atoms with Crippen LogP contribution in [0.25, 0.3) is 0 Å². The predicted molar refractivity (Wildman–Crippen MR) is 101 cm³/mol. The molecular formula is C20H20ClFO3S. The van der Waals surface area contributed by atoms with Crippen molar-refractivity contribution in [3.05, 3.63) is 70.0 Å². The molecule has 2 saturated heterocycles. The summed E-state index contributed by atoms with van der Waals surface area (Å²) in [6.45, 7) is 0.207. The highest BCUT2D eigenvalue weighted by molar-refractivity contribution is 7.81. The van der Waals surface area contributed by atoms with Gasteiger partial charge in [-0.05, 0) is 48.2 Å². The largest absolute Gasteiger partial charge is 0.393 e. The third kappa shape index (κ3) is 3.06. The lowest BCUT2D eigenvalue weighted by molar-refractivity contribution is -0.222. The molecule has 2 heterocycles. The summed E-state index contributed by atoms with van der Waals surface area (Å²) in [6.07, 6.45) is 1.89. The zero-order valence-corrected chi connectivity index (χ0v) is 15.8. The second kappa shape index (κ2) is 6.80. The van der Waals surface area contributed by atoms with Crippen LogP contribution in [0.15, 0.2) is 42.5 Å². The van der Waals surface area contributed by atoms with Crippen molar-refractivity contribution in [1.82, 2.24) is 0 Å². The van der Waals surface area contributed by atoms with Gasteiger partial charge in [0.25, 0.3) is 0 Å². The molecule has 3 atom stereocenters. The van der Waals surface area contributed by atoms with Gasteiger partial charge in [0.05, 0.1) is 18.5 Å². The number of rotatable bonds is 4. The first kappa shape index (κ1) is 18.3. The highest BCUT2D eigenvalue weighted by atomic mass is 35.5. The predicted octanol–water partition coefficient (Wildman–Crippen LogP) is 4.09. The van der Waals surface area contributed by atoms with Crippen LogP contribution in [0.3, 0.4) is 0 Å². The van der Waals surface area contributed by atoms with Gasteiger partial charge < -0.3 is 14.6 Å². The Morgan fingerprint density at radius 3 is 2.73 bits per heavy atom. The maximum Gasteiger partial charge on any atom is 0.207 e. The molecule has 0 aliphatic carbocycles. The summed E-state index contributed by atoms with van der Waals surface area (Å²) in [5.74, 6) is -1.33. The van der Waals surface area contributed by atoms with Gasteiger partial charge in [0.2, 0.25) is 5.79 Å². The molecule has 0 saturated carbocycles. The Hall–Kier alpha value is -1.11. The molecule has 2 bridgehead atoms. The van der Waals surface area contributed by atoms with Crippen LogP contribution in [-0.4, -0.2) is 29.2 Å². The summed E-state index contributed by atoms with van der Waals surface area (Å²) >= 11 is 10.6. The fourth-order valence-corrected chi connectivity index (χ4v) is 4.27. The van der Waals surface area contributed by atoms with Gasteiger partial charge in [0.1, 0.15) is 11.4 Å². The summed E-state index contributed by atoms with van der Waals surface area (Å²) in [5, 5.41) is 10.2. The quantitative estimate of drug-likeness (QED) is 0.767. The van der Waals surface area contributed by atoms with E-state index in [2.05, 4.69) is 12.6 Å². The van der Waals surface area contributed by atoms with Gasteiger partial charge in [-0.25, -0.2) is 4.39 Å². The summed E-state index contributed by atoms with van der Waals surface area (Å²) in [6, 6.07) is 12.3. The molecule has 2 aliphatic rings. The molecule has 3 nitrogen and oxygen atoms in total. The second-order valence-corrected chi connectivity index (χ2v) is 8.12. The molecule has 2 aromatic carbocycles. The molecular weight excluding hydrogens is 375 g/mol. The van der Waals surface area contributed by atoms with Gasteiger partial charge in [-0.2, -0.15) is 12.6 Å². The highest BCUT2D eigenvalue weighted by Gasteiger charge is 2.58. The van der Waals surface area contributed by atoms with E-state index in [-0.39, 0.29) is 17.7 Å². The van der Waals surface area contributed by atoms with Crippen molar-refractivity contribution in [3.8, 4) is 0 Å². The molecule has 26 heavy (non-hydrogen) atoms. The number of ether oxygens (including phenoxy) is 2. The summed E-state index contributed by atoms with van der Waals surface area (Å²) in [5.41, 5.74) is 1.56. The van der Waals surface area contributed by atoms with Crippen LogP contribution in [0.2, 0.25) is 5.02 Å². The first-order valence-electron chi connectivity index (χ1n) is 8.63. The first-order valence-corrected chi connectivity index (χ1v) is 9.52. The van der Waals surface area contributed by atoms with E-state index in [1.807, 2.05) is 12.1 Å². The zero-order chi connectivity index (χ0) is 18.4. The number of benzene rings is 2. The van der Waals surface area contributed by atoms with Crippen molar-refractivity contribution >= 4 is 24.2 Å². The molecule has 0 aromatic heterocycles. The van der Waals surface area contributed by atoms with Crippen molar-refractivity contribution in [1.29, 1.82) is 0 Å². The Balaban J connectivity index is 1.68. The highest BCUT2D eigenvalue weighted by Crippen LogP contribution is 2.51. The molecule has 4 rings (SSSR count). The topological polar surface area (TPSA) is 38.7 Å². The number of thiol groups is 1. The Labute approximate surface area is 162 Å². The van der Waals surface area contributed by atoms with E-state index in [0.29, 0.717) is 30.0 Å². The number of aliphatic hydroxyl groups is 1. The van der Waals surface area contributed by atoms with Crippen LogP contribution in [0.1, 0.15) is 29.5 Å². The lowest BCUT2D eigenvalue weighted by Gasteiger charge is -2.41. The molecule has 0 amide bonds. The van der Waals surface area contributed by atoms with E-state index in [4.69, 9.17) is 21.1 Å². The van der Waals surface area contributed by atoms with E-state index >= 15 is 0 Å². The molecule has 2 aliphatic heterocycles. The van der Waals surface area contributed by atoms with E-state index in [1.54, 1.807) is 24.3 Å². The van der Waals surface area contributed by atoms with Gasteiger partial charge in [-0.1, -0.05) is 29.8 Å². The summed E-state index contributed by atoms with van der Waals surface area (Å²) in [7, 11) is 0. The van der Waals surface area contributed by atoms with Crippen LogP contribution >= 0.6 is 24.2 Å². The lowest BCUT2D eigenvalue weighted by Crippen LogP contribution is -2.48. The zero-order valence-electron chi connectivity index (χ0n) is 14.1. The van der Waals surface area contributed by atoms with Crippen LogP contribution in [0.4, 0.5) is 4.39 Å². The van der Waals surface area contributed by atoms with E-state index in [9.17, 15) is 9.50 Å². The van der Waals surface area contributed by atoms with Gasteiger partial charge in [0, 0.05) is 17.0 Å². The van der Waals surface area contributed by atoms with Crippen molar-refractivity contribution in [2.24, 2.45) is 0 Å². The molecule has 1 N–H and O–H groups in total. The lowest BCUT2D eigenvalue weighted by atomic mass is 9.89. The molecule has 2 aromatic rings. The number of hydrogen-bond donors (Lipinski definition) is 2. The fraction of sp³-hybridized carbons (Fsp3) is 0.400. The number of aliphatic hydroxyl groups excluding tert-OH is 1. The minimum absolute atomic E-state index is 0.103. The van der Waals surface area contributed by atoms with Crippen LogP contribution < -0.4 is 0 Å². The summed E-state index contributed by atoms with van der Waals surface area (Å²) < 4.78 is 26.6.